The maximum absolute atomic E-state index is 14.0. The van der Waals surface area contributed by atoms with E-state index in [4.69, 9.17) is 10.00 Å². The van der Waals surface area contributed by atoms with Crippen molar-refractivity contribution in [1.29, 1.82) is 5.26 Å². The lowest BCUT2D eigenvalue weighted by molar-refractivity contribution is 0.414. The molecule has 0 saturated carbocycles. The zero-order valence-corrected chi connectivity index (χ0v) is 13.1. The SMILES string of the molecule is COc1ccc(CCNc2ccc(C#N)c(Br)c2F)cc1. The molecule has 0 fully saturated rings. The molecule has 0 spiro atoms. The summed E-state index contributed by atoms with van der Waals surface area (Å²) in [5, 5.41) is 11.9. The highest BCUT2D eigenvalue weighted by Gasteiger charge is 2.10. The Morgan fingerprint density at radius 3 is 2.57 bits per heavy atom. The van der Waals surface area contributed by atoms with Crippen LogP contribution in [0.4, 0.5) is 10.1 Å². The van der Waals surface area contributed by atoms with E-state index in [-0.39, 0.29) is 10.0 Å². The smallest absolute Gasteiger partial charge is 0.161 e. The van der Waals surface area contributed by atoms with Crippen LogP contribution in [0.15, 0.2) is 40.9 Å². The minimum Gasteiger partial charge on any atom is -0.497 e. The van der Waals surface area contributed by atoms with Crippen LogP contribution in [0, 0.1) is 17.1 Å². The van der Waals surface area contributed by atoms with E-state index < -0.39 is 5.82 Å². The molecule has 21 heavy (non-hydrogen) atoms. The van der Waals surface area contributed by atoms with Gasteiger partial charge in [-0.15, -0.1) is 0 Å². The van der Waals surface area contributed by atoms with Crippen LogP contribution >= 0.6 is 15.9 Å². The molecule has 5 heteroatoms. The van der Waals surface area contributed by atoms with Crippen molar-refractivity contribution < 1.29 is 9.13 Å². The molecule has 3 nitrogen and oxygen atoms in total. The van der Waals surface area contributed by atoms with Crippen molar-refractivity contribution >= 4 is 21.6 Å². The molecule has 0 radical (unpaired) electrons. The van der Waals surface area contributed by atoms with E-state index in [0.29, 0.717) is 12.2 Å². The second kappa shape index (κ2) is 7.09. The molecule has 0 atom stereocenters. The van der Waals surface area contributed by atoms with E-state index in [1.165, 1.54) is 0 Å². The van der Waals surface area contributed by atoms with Gasteiger partial charge < -0.3 is 10.1 Å². The zero-order chi connectivity index (χ0) is 15.2. The lowest BCUT2D eigenvalue weighted by atomic mass is 10.1. The van der Waals surface area contributed by atoms with Crippen LogP contribution in [0.25, 0.3) is 0 Å². The van der Waals surface area contributed by atoms with Gasteiger partial charge in [0, 0.05) is 6.54 Å². The average Bonchev–Trinajstić information content (AvgIpc) is 2.52. The summed E-state index contributed by atoms with van der Waals surface area (Å²) in [4.78, 5) is 0. The van der Waals surface area contributed by atoms with Crippen LogP contribution < -0.4 is 10.1 Å². The number of ether oxygens (including phenoxy) is 1. The Labute approximate surface area is 131 Å². The number of nitriles is 1. The number of hydrogen-bond acceptors (Lipinski definition) is 3. The monoisotopic (exact) mass is 348 g/mol. The van der Waals surface area contributed by atoms with E-state index in [1.54, 1.807) is 19.2 Å². The summed E-state index contributed by atoms with van der Waals surface area (Å²) in [5.41, 5.74) is 1.80. The lowest BCUT2D eigenvalue weighted by Gasteiger charge is -2.09. The molecule has 0 aliphatic carbocycles. The van der Waals surface area contributed by atoms with Crippen LogP contribution in [-0.4, -0.2) is 13.7 Å². The maximum Gasteiger partial charge on any atom is 0.161 e. The van der Waals surface area contributed by atoms with Crippen LogP contribution in [0.5, 0.6) is 5.75 Å². The highest BCUT2D eigenvalue weighted by Crippen LogP contribution is 2.26. The molecular formula is C16H14BrFN2O. The number of hydrogen-bond donors (Lipinski definition) is 1. The summed E-state index contributed by atoms with van der Waals surface area (Å²) in [6.45, 7) is 0.599. The van der Waals surface area contributed by atoms with Gasteiger partial charge in [0.25, 0.3) is 0 Å². The first-order valence-corrected chi connectivity index (χ1v) is 7.20. The second-order valence-electron chi connectivity index (χ2n) is 4.43. The Balaban J connectivity index is 1.97. The molecule has 0 aliphatic heterocycles. The van der Waals surface area contributed by atoms with E-state index in [0.717, 1.165) is 17.7 Å². The van der Waals surface area contributed by atoms with Crippen LogP contribution in [-0.2, 0) is 6.42 Å². The Morgan fingerprint density at radius 2 is 1.95 bits per heavy atom. The van der Waals surface area contributed by atoms with Gasteiger partial charge in [-0.25, -0.2) is 4.39 Å². The Bertz CT molecular complexity index is 665. The highest BCUT2D eigenvalue weighted by atomic mass is 79.9. The number of nitrogens with zero attached hydrogens (tertiary/aromatic N) is 1. The number of rotatable bonds is 5. The normalized spacial score (nSPS) is 10.0. The molecule has 0 aromatic heterocycles. The van der Waals surface area contributed by atoms with E-state index in [2.05, 4.69) is 21.2 Å². The Hall–Kier alpha value is -2.06. The summed E-state index contributed by atoms with van der Waals surface area (Å²) < 4.78 is 19.3. The molecule has 108 valence electrons. The van der Waals surface area contributed by atoms with Gasteiger partial charge in [-0.2, -0.15) is 5.26 Å². The molecule has 0 amide bonds. The van der Waals surface area contributed by atoms with Gasteiger partial charge in [0.15, 0.2) is 5.82 Å². The molecule has 0 bridgehead atoms. The lowest BCUT2D eigenvalue weighted by Crippen LogP contribution is -2.07. The highest BCUT2D eigenvalue weighted by molar-refractivity contribution is 9.10. The van der Waals surface area contributed by atoms with Crippen molar-refractivity contribution in [2.75, 3.05) is 19.0 Å². The zero-order valence-electron chi connectivity index (χ0n) is 11.5. The van der Waals surface area contributed by atoms with Crippen molar-refractivity contribution in [3.63, 3.8) is 0 Å². The van der Waals surface area contributed by atoms with Gasteiger partial charge in [0.2, 0.25) is 0 Å². The maximum atomic E-state index is 14.0. The fourth-order valence-corrected chi connectivity index (χ4v) is 2.34. The molecule has 1 N–H and O–H groups in total. The number of benzene rings is 2. The minimum atomic E-state index is -0.441. The molecule has 2 aromatic rings. The van der Waals surface area contributed by atoms with Gasteiger partial charge in [-0.05, 0) is 52.2 Å². The molecule has 0 aliphatic rings. The minimum absolute atomic E-state index is 0.194. The predicted octanol–water partition coefficient (Wildman–Crippen LogP) is 4.12. The van der Waals surface area contributed by atoms with Gasteiger partial charge in [0.05, 0.1) is 22.8 Å². The van der Waals surface area contributed by atoms with Crippen molar-refractivity contribution in [3.8, 4) is 11.8 Å². The van der Waals surface area contributed by atoms with Crippen molar-refractivity contribution in [2.24, 2.45) is 0 Å². The first-order valence-electron chi connectivity index (χ1n) is 6.40. The molecule has 0 saturated heterocycles. The third kappa shape index (κ3) is 3.73. The number of halogens is 2. The first-order chi connectivity index (χ1) is 10.2. The standard InChI is InChI=1S/C16H14BrFN2O/c1-21-13-5-2-11(3-6-13)8-9-20-14-7-4-12(10-19)15(17)16(14)18/h2-7,20H,8-9H2,1H3. The number of nitrogens with one attached hydrogen (secondary N) is 1. The summed E-state index contributed by atoms with van der Waals surface area (Å²) in [5.74, 6) is 0.373. The van der Waals surface area contributed by atoms with Crippen molar-refractivity contribution in [2.45, 2.75) is 6.42 Å². The molecule has 0 unspecified atom stereocenters. The van der Waals surface area contributed by atoms with Crippen LogP contribution in [0.1, 0.15) is 11.1 Å². The summed E-state index contributed by atoms with van der Waals surface area (Å²) in [6, 6.07) is 12.8. The number of anilines is 1. The van der Waals surface area contributed by atoms with Gasteiger partial charge in [-0.3, -0.25) is 0 Å². The summed E-state index contributed by atoms with van der Waals surface area (Å²) in [7, 11) is 1.63. The van der Waals surface area contributed by atoms with Crippen LogP contribution in [0.3, 0.4) is 0 Å². The fourth-order valence-electron chi connectivity index (χ4n) is 1.91. The number of methoxy groups -OCH3 is 1. The molecule has 0 heterocycles. The Morgan fingerprint density at radius 1 is 1.24 bits per heavy atom. The van der Waals surface area contributed by atoms with E-state index >= 15 is 0 Å². The third-order valence-electron chi connectivity index (χ3n) is 3.09. The predicted molar refractivity (Wildman–Crippen MR) is 84.0 cm³/mol. The average molecular weight is 349 g/mol. The summed E-state index contributed by atoms with van der Waals surface area (Å²) in [6.07, 6.45) is 0.765. The van der Waals surface area contributed by atoms with Gasteiger partial charge in [-0.1, -0.05) is 12.1 Å². The first kappa shape index (κ1) is 15.3. The third-order valence-corrected chi connectivity index (χ3v) is 3.87. The van der Waals surface area contributed by atoms with Gasteiger partial charge >= 0.3 is 0 Å². The quantitative estimate of drug-likeness (QED) is 0.883. The fraction of sp³-hybridized carbons (Fsp3) is 0.188. The van der Waals surface area contributed by atoms with E-state index in [9.17, 15) is 4.39 Å². The van der Waals surface area contributed by atoms with Crippen molar-refractivity contribution in [3.05, 3.63) is 57.8 Å². The molecule has 2 rings (SSSR count). The molecular weight excluding hydrogens is 335 g/mol. The Kier molecular flexibility index (Phi) is 5.18. The topological polar surface area (TPSA) is 45.0 Å². The largest absolute Gasteiger partial charge is 0.497 e. The molecule has 2 aromatic carbocycles. The summed E-state index contributed by atoms with van der Waals surface area (Å²) >= 11 is 3.09. The van der Waals surface area contributed by atoms with Crippen molar-refractivity contribution in [1.82, 2.24) is 0 Å². The second-order valence-corrected chi connectivity index (χ2v) is 5.22. The van der Waals surface area contributed by atoms with Crippen LogP contribution in [0.2, 0.25) is 0 Å². The van der Waals surface area contributed by atoms with Gasteiger partial charge in [0.1, 0.15) is 11.8 Å². The van der Waals surface area contributed by atoms with E-state index in [1.807, 2.05) is 30.3 Å².